The molecule has 0 saturated heterocycles. The van der Waals surface area contributed by atoms with E-state index in [0.29, 0.717) is 23.7 Å². The van der Waals surface area contributed by atoms with Crippen molar-refractivity contribution in [2.75, 3.05) is 24.4 Å². The Morgan fingerprint density at radius 2 is 1.72 bits per heavy atom. The lowest BCUT2D eigenvalue weighted by molar-refractivity contribution is -0.118. The summed E-state index contributed by atoms with van der Waals surface area (Å²) in [4.78, 5) is 12.2. The summed E-state index contributed by atoms with van der Waals surface area (Å²) >= 11 is 6.94. The number of ether oxygens (including phenoxy) is 2. The first-order valence-corrected chi connectivity index (χ1v) is 10.5. The average Bonchev–Trinajstić information content (AvgIpc) is 2.73. The highest BCUT2D eigenvalue weighted by Gasteiger charge is 2.09. The topological polar surface area (TPSA) is 59.6 Å². The number of para-hydroxylation sites is 2. The van der Waals surface area contributed by atoms with Crippen LogP contribution in [0.4, 0.5) is 11.4 Å². The van der Waals surface area contributed by atoms with Crippen molar-refractivity contribution in [1.82, 2.24) is 0 Å². The predicted molar refractivity (Wildman–Crippen MR) is 123 cm³/mol. The summed E-state index contributed by atoms with van der Waals surface area (Å²) in [6.45, 7) is 0.571. The van der Waals surface area contributed by atoms with E-state index in [4.69, 9.17) is 9.47 Å². The minimum Gasteiger partial charge on any atom is -0.495 e. The zero-order valence-electron chi connectivity index (χ0n) is 15.7. The van der Waals surface area contributed by atoms with Crippen LogP contribution in [0.5, 0.6) is 11.5 Å². The molecule has 0 aromatic heterocycles. The van der Waals surface area contributed by atoms with Crippen LogP contribution >= 0.6 is 31.9 Å². The van der Waals surface area contributed by atoms with Gasteiger partial charge >= 0.3 is 0 Å². The minimum absolute atomic E-state index is 0.104. The molecule has 29 heavy (non-hydrogen) atoms. The molecule has 7 heteroatoms. The third-order valence-electron chi connectivity index (χ3n) is 4.08. The van der Waals surface area contributed by atoms with Crippen molar-refractivity contribution in [3.8, 4) is 11.5 Å². The van der Waals surface area contributed by atoms with Crippen LogP contribution in [0, 0.1) is 0 Å². The van der Waals surface area contributed by atoms with Crippen LogP contribution in [0.15, 0.2) is 75.7 Å². The molecule has 0 heterocycles. The van der Waals surface area contributed by atoms with Gasteiger partial charge in [0.05, 0.1) is 17.3 Å². The first-order chi connectivity index (χ1) is 14.0. The fourth-order valence-electron chi connectivity index (χ4n) is 2.62. The SMILES string of the molecule is COc1ccccc1NC(=O)COc1ccc(CNc2ccc(Br)cc2)cc1Br. The number of rotatable bonds is 8. The van der Waals surface area contributed by atoms with Crippen molar-refractivity contribution in [3.05, 3.63) is 81.2 Å². The van der Waals surface area contributed by atoms with Gasteiger partial charge in [0.1, 0.15) is 11.5 Å². The minimum atomic E-state index is -0.262. The lowest BCUT2D eigenvalue weighted by atomic mass is 10.2. The Hall–Kier alpha value is -2.51. The molecule has 3 aromatic carbocycles. The second-order valence-electron chi connectivity index (χ2n) is 6.16. The van der Waals surface area contributed by atoms with Gasteiger partial charge in [0.25, 0.3) is 5.91 Å². The number of anilines is 2. The molecule has 3 aromatic rings. The molecule has 0 saturated carbocycles. The Balaban J connectivity index is 1.53. The molecule has 0 aliphatic carbocycles. The van der Waals surface area contributed by atoms with Crippen LogP contribution in [0.3, 0.4) is 0 Å². The number of hydrogen-bond acceptors (Lipinski definition) is 4. The van der Waals surface area contributed by atoms with Gasteiger partial charge in [-0.3, -0.25) is 4.79 Å². The Kier molecular flexibility index (Phi) is 7.55. The Morgan fingerprint density at radius 1 is 0.966 bits per heavy atom. The molecule has 0 atom stereocenters. The number of nitrogens with one attached hydrogen (secondary N) is 2. The standard InChI is InChI=1S/C22H20Br2N2O3/c1-28-21-5-3-2-4-19(21)26-22(27)14-29-20-11-6-15(12-18(20)24)13-25-17-9-7-16(23)8-10-17/h2-12,25H,13-14H2,1H3,(H,26,27). The van der Waals surface area contributed by atoms with Crippen LogP contribution in [0.1, 0.15) is 5.56 Å². The predicted octanol–water partition coefficient (Wildman–Crippen LogP) is 5.85. The van der Waals surface area contributed by atoms with E-state index in [1.807, 2.05) is 54.6 Å². The lowest BCUT2D eigenvalue weighted by Crippen LogP contribution is -2.20. The number of amides is 1. The van der Waals surface area contributed by atoms with E-state index in [2.05, 4.69) is 42.5 Å². The van der Waals surface area contributed by atoms with Crippen molar-refractivity contribution < 1.29 is 14.3 Å². The molecule has 5 nitrogen and oxygen atoms in total. The Morgan fingerprint density at radius 3 is 2.45 bits per heavy atom. The molecular formula is C22H20Br2N2O3. The van der Waals surface area contributed by atoms with Crippen molar-refractivity contribution >= 4 is 49.1 Å². The molecule has 0 bridgehead atoms. The van der Waals surface area contributed by atoms with Gasteiger partial charge in [-0.15, -0.1) is 0 Å². The Labute approximate surface area is 186 Å². The van der Waals surface area contributed by atoms with Gasteiger partial charge in [0, 0.05) is 16.7 Å². The van der Waals surface area contributed by atoms with E-state index in [-0.39, 0.29) is 12.5 Å². The summed E-state index contributed by atoms with van der Waals surface area (Å²) < 4.78 is 12.7. The molecular weight excluding hydrogens is 500 g/mol. The fraction of sp³-hybridized carbons (Fsp3) is 0.136. The third-order valence-corrected chi connectivity index (χ3v) is 5.23. The molecule has 3 rings (SSSR count). The molecule has 0 aliphatic heterocycles. The fourth-order valence-corrected chi connectivity index (χ4v) is 3.43. The quantitative estimate of drug-likeness (QED) is 0.392. The van der Waals surface area contributed by atoms with E-state index in [1.54, 1.807) is 19.2 Å². The zero-order valence-corrected chi connectivity index (χ0v) is 18.9. The number of carbonyl (C=O) groups is 1. The van der Waals surface area contributed by atoms with Crippen molar-refractivity contribution in [2.24, 2.45) is 0 Å². The van der Waals surface area contributed by atoms with Gasteiger partial charge < -0.3 is 20.1 Å². The number of benzene rings is 3. The highest BCUT2D eigenvalue weighted by atomic mass is 79.9. The molecule has 0 spiro atoms. The van der Waals surface area contributed by atoms with E-state index < -0.39 is 0 Å². The van der Waals surface area contributed by atoms with Crippen molar-refractivity contribution in [1.29, 1.82) is 0 Å². The molecule has 2 N–H and O–H groups in total. The summed E-state index contributed by atoms with van der Waals surface area (Å²) in [5.74, 6) is 0.944. The maximum absolute atomic E-state index is 12.2. The zero-order chi connectivity index (χ0) is 20.6. The highest BCUT2D eigenvalue weighted by Crippen LogP contribution is 2.27. The molecule has 0 unspecified atom stereocenters. The van der Waals surface area contributed by atoms with Gasteiger partial charge in [-0.2, -0.15) is 0 Å². The largest absolute Gasteiger partial charge is 0.495 e. The van der Waals surface area contributed by atoms with Gasteiger partial charge in [0.15, 0.2) is 6.61 Å². The number of methoxy groups -OCH3 is 1. The summed E-state index contributed by atoms with van der Waals surface area (Å²) in [5, 5.41) is 6.15. The number of hydrogen-bond donors (Lipinski definition) is 2. The number of carbonyl (C=O) groups excluding carboxylic acids is 1. The van der Waals surface area contributed by atoms with Gasteiger partial charge in [-0.05, 0) is 70.0 Å². The van der Waals surface area contributed by atoms with Gasteiger partial charge in [-0.25, -0.2) is 0 Å². The van der Waals surface area contributed by atoms with Crippen LogP contribution in [-0.4, -0.2) is 19.6 Å². The normalized spacial score (nSPS) is 10.3. The van der Waals surface area contributed by atoms with E-state index in [9.17, 15) is 4.79 Å². The van der Waals surface area contributed by atoms with Gasteiger partial charge in [-0.1, -0.05) is 34.1 Å². The van der Waals surface area contributed by atoms with Crippen molar-refractivity contribution in [3.63, 3.8) is 0 Å². The Bertz CT molecular complexity index is 978. The molecule has 0 aliphatic rings. The van der Waals surface area contributed by atoms with Crippen molar-refractivity contribution in [2.45, 2.75) is 6.54 Å². The van der Waals surface area contributed by atoms with Crippen LogP contribution in [-0.2, 0) is 11.3 Å². The average molecular weight is 520 g/mol. The lowest BCUT2D eigenvalue weighted by Gasteiger charge is -2.12. The number of halogens is 2. The summed E-state index contributed by atoms with van der Waals surface area (Å²) in [6.07, 6.45) is 0. The second-order valence-corrected chi connectivity index (χ2v) is 7.93. The van der Waals surface area contributed by atoms with Crippen LogP contribution in [0.2, 0.25) is 0 Å². The highest BCUT2D eigenvalue weighted by molar-refractivity contribution is 9.10. The monoisotopic (exact) mass is 518 g/mol. The molecule has 150 valence electrons. The molecule has 0 fully saturated rings. The van der Waals surface area contributed by atoms with Gasteiger partial charge in [0.2, 0.25) is 0 Å². The summed E-state index contributed by atoms with van der Waals surface area (Å²) in [7, 11) is 1.56. The van der Waals surface area contributed by atoms with Crippen LogP contribution in [0.25, 0.3) is 0 Å². The smallest absolute Gasteiger partial charge is 0.262 e. The van der Waals surface area contributed by atoms with E-state index in [0.717, 1.165) is 20.2 Å². The first kappa shape index (κ1) is 21.2. The second kappa shape index (κ2) is 10.3. The molecule has 1 amide bonds. The third kappa shape index (κ3) is 6.24. The summed E-state index contributed by atoms with van der Waals surface area (Å²) in [5.41, 5.74) is 2.74. The van der Waals surface area contributed by atoms with E-state index >= 15 is 0 Å². The molecule has 0 radical (unpaired) electrons. The maximum Gasteiger partial charge on any atom is 0.262 e. The first-order valence-electron chi connectivity index (χ1n) is 8.88. The maximum atomic E-state index is 12.2. The van der Waals surface area contributed by atoms with Crippen LogP contribution < -0.4 is 20.1 Å². The van der Waals surface area contributed by atoms with E-state index in [1.165, 1.54) is 0 Å². The summed E-state index contributed by atoms with van der Waals surface area (Å²) in [6, 6.07) is 21.0.